The van der Waals surface area contributed by atoms with E-state index in [0.717, 1.165) is 17.7 Å². The Hall–Kier alpha value is -2.09. The smallest absolute Gasteiger partial charge is 0.312 e. The molecular formula is C18H23NO4. The van der Waals surface area contributed by atoms with Gasteiger partial charge < -0.3 is 4.74 Å². The molecule has 0 aromatic carbocycles. The van der Waals surface area contributed by atoms with Crippen LogP contribution in [0, 0.1) is 30.1 Å². The van der Waals surface area contributed by atoms with Crippen LogP contribution in [0.15, 0.2) is 11.1 Å². The van der Waals surface area contributed by atoms with E-state index >= 15 is 0 Å². The molecule has 0 saturated heterocycles. The van der Waals surface area contributed by atoms with E-state index in [1.165, 1.54) is 0 Å². The number of imide groups is 1. The molecule has 5 nitrogen and oxygen atoms in total. The minimum Gasteiger partial charge on any atom is -0.443 e. The highest BCUT2D eigenvalue weighted by Crippen LogP contribution is 2.33. The van der Waals surface area contributed by atoms with E-state index < -0.39 is 11.9 Å². The highest BCUT2D eigenvalue weighted by atomic mass is 16.5. The number of terminal acetylenes is 1. The SMILES string of the molecule is C#CC(C)C(C(=O)OCN1C(=O)C2=C(CCCC2)C1=O)C(C)C. The van der Waals surface area contributed by atoms with E-state index in [-0.39, 0.29) is 30.4 Å². The Kier molecular flexibility index (Phi) is 5.25. The summed E-state index contributed by atoms with van der Waals surface area (Å²) < 4.78 is 5.24. The second kappa shape index (κ2) is 6.99. The monoisotopic (exact) mass is 317 g/mol. The van der Waals surface area contributed by atoms with Gasteiger partial charge in [0.25, 0.3) is 11.8 Å². The molecule has 1 aliphatic heterocycles. The second-order valence-electron chi connectivity index (χ2n) is 6.52. The maximum absolute atomic E-state index is 12.3. The molecule has 2 unspecified atom stereocenters. The van der Waals surface area contributed by atoms with Gasteiger partial charge in [0.15, 0.2) is 6.73 Å². The maximum atomic E-state index is 12.3. The molecule has 0 saturated carbocycles. The average Bonchev–Trinajstić information content (AvgIpc) is 2.77. The van der Waals surface area contributed by atoms with Crippen molar-refractivity contribution >= 4 is 17.8 Å². The van der Waals surface area contributed by atoms with Crippen molar-refractivity contribution in [2.75, 3.05) is 6.73 Å². The first kappa shape index (κ1) is 17.3. The Morgan fingerprint density at radius 1 is 1.17 bits per heavy atom. The molecule has 124 valence electrons. The summed E-state index contributed by atoms with van der Waals surface area (Å²) in [7, 11) is 0. The molecule has 0 radical (unpaired) electrons. The summed E-state index contributed by atoms with van der Waals surface area (Å²) >= 11 is 0. The molecular weight excluding hydrogens is 294 g/mol. The number of amides is 2. The van der Waals surface area contributed by atoms with Crippen molar-refractivity contribution in [3.8, 4) is 12.3 Å². The topological polar surface area (TPSA) is 63.7 Å². The fourth-order valence-corrected chi connectivity index (χ4v) is 3.29. The van der Waals surface area contributed by atoms with Crippen molar-refractivity contribution in [3.05, 3.63) is 11.1 Å². The molecule has 0 fully saturated rings. The Labute approximate surface area is 137 Å². The number of hydrogen-bond acceptors (Lipinski definition) is 4. The lowest BCUT2D eigenvalue weighted by atomic mass is 9.85. The fraction of sp³-hybridized carbons (Fsp3) is 0.611. The Bertz CT molecular complexity index is 569. The normalized spacial score (nSPS) is 20.4. The van der Waals surface area contributed by atoms with E-state index in [1.807, 2.05) is 13.8 Å². The van der Waals surface area contributed by atoms with E-state index in [1.54, 1.807) is 6.92 Å². The minimum atomic E-state index is -0.462. The highest BCUT2D eigenvalue weighted by Gasteiger charge is 2.40. The average molecular weight is 317 g/mol. The highest BCUT2D eigenvalue weighted by molar-refractivity contribution is 6.19. The molecule has 2 aliphatic rings. The fourth-order valence-electron chi connectivity index (χ4n) is 3.29. The number of esters is 1. The largest absolute Gasteiger partial charge is 0.443 e. The molecule has 2 rings (SSSR count). The van der Waals surface area contributed by atoms with Gasteiger partial charge in [-0.15, -0.1) is 12.3 Å². The zero-order valence-corrected chi connectivity index (χ0v) is 13.9. The molecule has 1 aliphatic carbocycles. The third-order valence-electron chi connectivity index (χ3n) is 4.60. The van der Waals surface area contributed by atoms with Crippen molar-refractivity contribution in [2.24, 2.45) is 17.8 Å². The number of hydrogen-bond donors (Lipinski definition) is 0. The first-order chi connectivity index (χ1) is 10.9. The lowest BCUT2D eigenvalue weighted by molar-refractivity contribution is -0.160. The third-order valence-corrected chi connectivity index (χ3v) is 4.60. The zero-order chi connectivity index (χ0) is 17.1. The first-order valence-corrected chi connectivity index (χ1v) is 8.09. The van der Waals surface area contributed by atoms with Gasteiger partial charge in [-0.1, -0.05) is 20.8 Å². The van der Waals surface area contributed by atoms with Crippen LogP contribution < -0.4 is 0 Å². The van der Waals surface area contributed by atoms with Gasteiger partial charge in [-0.3, -0.25) is 14.4 Å². The van der Waals surface area contributed by atoms with Crippen LogP contribution in [-0.4, -0.2) is 29.4 Å². The van der Waals surface area contributed by atoms with Crippen molar-refractivity contribution in [1.29, 1.82) is 0 Å². The molecule has 1 heterocycles. The van der Waals surface area contributed by atoms with Crippen molar-refractivity contribution < 1.29 is 19.1 Å². The molecule has 23 heavy (non-hydrogen) atoms. The van der Waals surface area contributed by atoms with Crippen LogP contribution in [0.2, 0.25) is 0 Å². The predicted octanol–water partition coefficient (Wildman–Crippen LogP) is 2.27. The van der Waals surface area contributed by atoms with Gasteiger partial charge in [-0.2, -0.15) is 0 Å². The number of ether oxygens (including phenoxy) is 1. The minimum absolute atomic E-state index is 0.0184. The van der Waals surface area contributed by atoms with Crippen LogP contribution in [0.4, 0.5) is 0 Å². The van der Waals surface area contributed by atoms with Crippen molar-refractivity contribution in [2.45, 2.75) is 46.5 Å². The van der Waals surface area contributed by atoms with E-state index in [4.69, 9.17) is 11.2 Å². The summed E-state index contributed by atoms with van der Waals surface area (Å²) in [6, 6.07) is 0. The first-order valence-electron chi connectivity index (χ1n) is 8.09. The Morgan fingerprint density at radius 3 is 2.13 bits per heavy atom. The molecule has 0 N–H and O–H groups in total. The van der Waals surface area contributed by atoms with Crippen molar-refractivity contribution in [3.63, 3.8) is 0 Å². The standard InChI is InChI=1S/C18H23NO4/c1-5-12(4)15(11(2)3)18(22)23-10-19-16(20)13-8-6-7-9-14(13)17(19)21/h1,11-12,15H,6-10H2,2-4H3. The molecule has 2 atom stereocenters. The summed E-state index contributed by atoms with van der Waals surface area (Å²) in [6.45, 7) is 5.25. The van der Waals surface area contributed by atoms with Gasteiger partial charge >= 0.3 is 5.97 Å². The number of nitrogens with zero attached hydrogens (tertiary/aromatic N) is 1. The van der Waals surface area contributed by atoms with Gasteiger partial charge in [0, 0.05) is 17.1 Å². The number of carbonyl (C=O) groups is 3. The van der Waals surface area contributed by atoms with Crippen molar-refractivity contribution in [1.82, 2.24) is 4.90 Å². The number of rotatable bonds is 5. The van der Waals surface area contributed by atoms with Gasteiger partial charge in [-0.25, -0.2) is 4.90 Å². The van der Waals surface area contributed by atoms with Crippen LogP contribution in [0.3, 0.4) is 0 Å². The summed E-state index contributed by atoms with van der Waals surface area (Å²) in [4.78, 5) is 37.9. The van der Waals surface area contributed by atoms with E-state index in [0.29, 0.717) is 24.0 Å². The number of carbonyl (C=O) groups excluding carboxylic acids is 3. The van der Waals surface area contributed by atoms with E-state index in [2.05, 4.69) is 5.92 Å². The molecule has 0 aromatic rings. The van der Waals surface area contributed by atoms with Crippen LogP contribution in [-0.2, 0) is 19.1 Å². The summed E-state index contributed by atoms with van der Waals surface area (Å²) in [5.41, 5.74) is 1.18. The second-order valence-corrected chi connectivity index (χ2v) is 6.52. The van der Waals surface area contributed by atoms with Gasteiger partial charge in [0.05, 0.1) is 5.92 Å². The summed E-state index contributed by atoms with van der Waals surface area (Å²) in [5, 5.41) is 0. The lowest BCUT2D eigenvalue weighted by Gasteiger charge is -2.23. The molecule has 0 spiro atoms. The zero-order valence-electron chi connectivity index (χ0n) is 13.9. The Balaban J connectivity index is 2.01. The summed E-state index contributed by atoms with van der Waals surface area (Å²) in [5.74, 6) is 0.767. The van der Waals surface area contributed by atoms with Crippen LogP contribution >= 0.6 is 0 Å². The molecule has 2 amide bonds. The van der Waals surface area contributed by atoms with E-state index in [9.17, 15) is 14.4 Å². The predicted molar refractivity (Wildman–Crippen MR) is 84.6 cm³/mol. The third kappa shape index (κ3) is 3.31. The van der Waals surface area contributed by atoms with Crippen LogP contribution in [0.1, 0.15) is 46.5 Å². The Morgan fingerprint density at radius 2 is 1.70 bits per heavy atom. The van der Waals surface area contributed by atoms with Gasteiger partial charge in [0.2, 0.25) is 0 Å². The van der Waals surface area contributed by atoms with Gasteiger partial charge in [0.1, 0.15) is 0 Å². The molecule has 0 aromatic heterocycles. The van der Waals surface area contributed by atoms with Gasteiger partial charge in [-0.05, 0) is 31.6 Å². The molecule has 5 heteroatoms. The maximum Gasteiger partial charge on any atom is 0.312 e. The lowest BCUT2D eigenvalue weighted by Crippen LogP contribution is -2.37. The quantitative estimate of drug-likeness (QED) is 0.443. The summed E-state index contributed by atoms with van der Waals surface area (Å²) in [6.07, 6.45) is 8.51. The molecule has 0 bridgehead atoms. The van der Waals surface area contributed by atoms with Crippen LogP contribution in [0.5, 0.6) is 0 Å². The van der Waals surface area contributed by atoms with Crippen LogP contribution in [0.25, 0.3) is 0 Å².